The highest BCUT2D eigenvalue weighted by Crippen LogP contribution is 2.21. The van der Waals surface area contributed by atoms with Gasteiger partial charge in [-0.2, -0.15) is 0 Å². The molecule has 11 heteroatoms. The Bertz CT molecular complexity index is 770. The summed E-state index contributed by atoms with van der Waals surface area (Å²) in [5.41, 5.74) is 1.36. The molecule has 28 heavy (non-hydrogen) atoms. The molecule has 5 atom stereocenters. The smallest absolute Gasteiger partial charge is 0.246 e. The van der Waals surface area contributed by atoms with Crippen molar-refractivity contribution in [3.05, 3.63) is 42.2 Å². The lowest BCUT2D eigenvalue weighted by atomic mass is 9.99. The van der Waals surface area contributed by atoms with E-state index in [9.17, 15) is 20.1 Å². The van der Waals surface area contributed by atoms with Crippen LogP contribution in [0.4, 0.5) is 0 Å². The van der Waals surface area contributed by atoms with Gasteiger partial charge in [0.25, 0.3) is 0 Å². The van der Waals surface area contributed by atoms with Gasteiger partial charge in [0, 0.05) is 0 Å². The van der Waals surface area contributed by atoms with Gasteiger partial charge in [0.2, 0.25) is 5.91 Å². The number of aliphatic hydroxyl groups is 4. The Hall–Kier alpha value is -2.41. The zero-order valence-corrected chi connectivity index (χ0v) is 14.8. The number of rotatable bonds is 7. The quantitative estimate of drug-likeness (QED) is 0.348. The molecular weight excluding hydrogens is 372 g/mol. The van der Waals surface area contributed by atoms with E-state index in [2.05, 4.69) is 15.6 Å². The van der Waals surface area contributed by atoms with Crippen LogP contribution < -0.4 is 5.32 Å². The fourth-order valence-electron chi connectivity index (χ4n) is 2.69. The predicted octanol–water partition coefficient (Wildman–Crippen LogP) is -2.30. The number of amides is 1. The van der Waals surface area contributed by atoms with Crippen molar-refractivity contribution in [2.24, 2.45) is 0 Å². The molecule has 3 rings (SSSR count). The highest BCUT2D eigenvalue weighted by atomic mass is 16.7. The molecule has 0 radical (unpaired) electrons. The maximum atomic E-state index is 11.9. The number of carbonyl (C=O) groups excluding carboxylic acids is 1. The van der Waals surface area contributed by atoms with Crippen LogP contribution in [0.5, 0.6) is 0 Å². The molecule has 0 bridgehead atoms. The molecule has 1 fully saturated rings. The summed E-state index contributed by atoms with van der Waals surface area (Å²) in [6.07, 6.45) is -5.39. The number of ether oxygens (including phenoxy) is 2. The third-order valence-corrected chi connectivity index (χ3v) is 4.26. The minimum Gasteiger partial charge on any atom is -0.394 e. The molecule has 1 saturated heterocycles. The third kappa shape index (κ3) is 4.70. The van der Waals surface area contributed by atoms with E-state index in [1.165, 1.54) is 0 Å². The highest BCUT2D eigenvalue weighted by Gasteiger charge is 2.44. The molecule has 1 aromatic heterocycles. The topological polar surface area (TPSA) is 159 Å². The highest BCUT2D eigenvalue weighted by molar-refractivity contribution is 5.77. The van der Waals surface area contributed by atoms with Crippen LogP contribution in [-0.2, 0) is 20.8 Å². The summed E-state index contributed by atoms with van der Waals surface area (Å²) < 4.78 is 11.9. The van der Waals surface area contributed by atoms with E-state index < -0.39 is 49.8 Å². The number of para-hydroxylation sites is 1. The number of hydrogen-bond donors (Lipinski definition) is 5. The van der Waals surface area contributed by atoms with Gasteiger partial charge in [0.15, 0.2) is 6.29 Å². The van der Waals surface area contributed by atoms with Crippen LogP contribution in [0.3, 0.4) is 0 Å². The van der Waals surface area contributed by atoms with Crippen molar-refractivity contribution in [2.45, 2.75) is 37.3 Å². The molecule has 0 spiro atoms. The van der Waals surface area contributed by atoms with Crippen molar-refractivity contribution in [1.82, 2.24) is 20.3 Å². The molecule has 152 valence electrons. The van der Waals surface area contributed by atoms with Crippen LogP contribution >= 0.6 is 0 Å². The first-order valence-electron chi connectivity index (χ1n) is 8.65. The molecule has 1 aliphatic rings. The summed E-state index contributed by atoms with van der Waals surface area (Å²) in [5.74, 6) is -0.508. The Balaban J connectivity index is 1.47. The number of nitrogens with one attached hydrogen (secondary N) is 1. The number of hydrogen-bond acceptors (Lipinski definition) is 9. The molecule has 1 amide bonds. The van der Waals surface area contributed by atoms with Crippen molar-refractivity contribution in [1.29, 1.82) is 0 Å². The Kier molecular flexibility index (Phi) is 6.67. The fraction of sp³-hybridized carbons (Fsp3) is 0.471. The molecule has 11 nitrogen and oxygen atoms in total. The van der Waals surface area contributed by atoms with E-state index in [0.29, 0.717) is 5.69 Å². The maximum Gasteiger partial charge on any atom is 0.246 e. The van der Waals surface area contributed by atoms with Crippen molar-refractivity contribution >= 4 is 5.91 Å². The minimum atomic E-state index is -1.56. The number of carbonyl (C=O) groups is 1. The van der Waals surface area contributed by atoms with E-state index in [1.807, 2.05) is 30.3 Å². The van der Waals surface area contributed by atoms with E-state index in [4.69, 9.17) is 14.6 Å². The Morgan fingerprint density at radius 2 is 1.93 bits per heavy atom. The van der Waals surface area contributed by atoms with Gasteiger partial charge < -0.3 is 35.2 Å². The van der Waals surface area contributed by atoms with Crippen molar-refractivity contribution in [2.75, 3.05) is 13.2 Å². The molecule has 5 N–H and O–H groups in total. The van der Waals surface area contributed by atoms with Gasteiger partial charge in [-0.3, -0.25) is 4.79 Å². The largest absolute Gasteiger partial charge is 0.394 e. The summed E-state index contributed by atoms with van der Waals surface area (Å²) in [5, 5.41) is 48.9. The van der Waals surface area contributed by atoms with Crippen molar-refractivity contribution < 1.29 is 34.7 Å². The minimum absolute atomic E-state index is 0.115. The second-order valence-corrected chi connectivity index (χ2v) is 6.28. The molecule has 0 aliphatic carbocycles. The molecule has 1 aliphatic heterocycles. The van der Waals surface area contributed by atoms with Crippen LogP contribution in [0.25, 0.3) is 5.69 Å². The van der Waals surface area contributed by atoms with Gasteiger partial charge in [0.05, 0.1) is 25.0 Å². The second kappa shape index (κ2) is 9.19. The maximum absolute atomic E-state index is 11.9. The van der Waals surface area contributed by atoms with Gasteiger partial charge in [0.1, 0.15) is 36.7 Å². The second-order valence-electron chi connectivity index (χ2n) is 6.28. The SMILES string of the molecule is O=C(CO[C@H]1O[C@H](CO)[C@H](O)[C@H](O)[C@H]1O)NCc1cn(-c2ccccc2)nn1. The fourth-order valence-corrected chi connectivity index (χ4v) is 2.69. The lowest BCUT2D eigenvalue weighted by Gasteiger charge is -2.39. The lowest BCUT2D eigenvalue weighted by Crippen LogP contribution is -2.59. The predicted molar refractivity (Wildman–Crippen MR) is 92.9 cm³/mol. The van der Waals surface area contributed by atoms with Crippen LogP contribution in [0, 0.1) is 0 Å². The van der Waals surface area contributed by atoms with Crippen LogP contribution in [0.1, 0.15) is 5.69 Å². The first kappa shape index (κ1) is 20.3. The number of aromatic nitrogens is 3. The standard InChI is InChI=1S/C17H22N4O7/c22-8-12-14(24)15(25)16(26)17(28-12)27-9-13(23)18-6-10-7-21(20-19-10)11-4-2-1-3-5-11/h1-5,7,12,14-17,22,24-26H,6,8-9H2,(H,18,23)/t12-,14+,15+,16-,17+/m1/s1. The van der Waals surface area contributed by atoms with Crippen molar-refractivity contribution in [3.63, 3.8) is 0 Å². The number of aliphatic hydroxyl groups excluding tert-OH is 4. The number of benzene rings is 1. The van der Waals surface area contributed by atoms with E-state index in [1.54, 1.807) is 10.9 Å². The summed E-state index contributed by atoms with van der Waals surface area (Å²) in [6, 6.07) is 9.36. The average Bonchev–Trinajstić information content (AvgIpc) is 3.20. The van der Waals surface area contributed by atoms with E-state index in [0.717, 1.165) is 5.69 Å². The summed E-state index contributed by atoms with van der Waals surface area (Å²) >= 11 is 0. The van der Waals surface area contributed by atoms with Crippen molar-refractivity contribution in [3.8, 4) is 5.69 Å². The first-order valence-corrected chi connectivity index (χ1v) is 8.65. The van der Waals surface area contributed by atoms with Gasteiger partial charge >= 0.3 is 0 Å². The van der Waals surface area contributed by atoms with E-state index in [-0.39, 0.29) is 6.54 Å². The average molecular weight is 394 g/mol. The number of nitrogens with zero attached hydrogens (tertiary/aromatic N) is 3. The lowest BCUT2D eigenvalue weighted by molar-refractivity contribution is -0.299. The zero-order valence-electron chi connectivity index (χ0n) is 14.8. The summed E-state index contributed by atoms with van der Waals surface area (Å²) in [6.45, 7) is -0.923. The van der Waals surface area contributed by atoms with Gasteiger partial charge in [-0.25, -0.2) is 4.68 Å². The molecule has 0 unspecified atom stereocenters. The van der Waals surface area contributed by atoms with Gasteiger partial charge in [-0.05, 0) is 12.1 Å². The van der Waals surface area contributed by atoms with Crippen LogP contribution in [-0.4, -0.2) is 85.2 Å². The van der Waals surface area contributed by atoms with Crippen LogP contribution in [0.15, 0.2) is 36.5 Å². The normalized spacial score (nSPS) is 27.5. The van der Waals surface area contributed by atoms with Crippen LogP contribution in [0.2, 0.25) is 0 Å². The summed E-state index contributed by atoms with van der Waals surface area (Å²) in [7, 11) is 0. The monoisotopic (exact) mass is 394 g/mol. The Morgan fingerprint density at radius 3 is 2.64 bits per heavy atom. The molecular formula is C17H22N4O7. The van der Waals surface area contributed by atoms with E-state index >= 15 is 0 Å². The van der Waals surface area contributed by atoms with Gasteiger partial charge in [-0.1, -0.05) is 23.4 Å². The molecule has 2 heterocycles. The zero-order chi connectivity index (χ0) is 20.1. The summed E-state index contributed by atoms with van der Waals surface area (Å²) in [4.78, 5) is 11.9. The Labute approximate surface area is 160 Å². The molecule has 0 saturated carbocycles. The van der Waals surface area contributed by atoms with Gasteiger partial charge in [-0.15, -0.1) is 5.10 Å². The molecule has 2 aromatic rings. The first-order chi connectivity index (χ1) is 13.5. The Morgan fingerprint density at radius 1 is 1.18 bits per heavy atom. The molecule has 1 aromatic carbocycles. The third-order valence-electron chi connectivity index (χ3n) is 4.26.